The maximum atomic E-state index is 13.4. The molecule has 0 saturated carbocycles. The van der Waals surface area contributed by atoms with Crippen LogP contribution >= 0.6 is 0 Å². The van der Waals surface area contributed by atoms with Crippen LogP contribution in [0.3, 0.4) is 0 Å². The molecule has 5 nitrogen and oxygen atoms in total. The highest BCUT2D eigenvalue weighted by atomic mass is 16.2. The largest absolute Gasteiger partial charge is 0.329 e. The molecule has 0 bridgehead atoms. The molecule has 154 valence electrons. The fourth-order valence-corrected chi connectivity index (χ4v) is 3.49. The second-order valence-electron chi connectivity index (χ2n) is 7.18. The average Bonchev–Trinajstić information content (AvgIpc) is 2.85. The van der Waals surface area contributed by atoms with Crippen LogP contribution in [-0.4, -0.2) is 47.9 Å². The van der Waals surface area contributed by atoms with E-state index in [0.717, 1.165) is 16.9 Å². The third kappa shape index (κ3) is 4.93. The van der Waals surface area contributed by atoms with Crippen molar-refractivity contribution in [3.8, 4) is 11.8 Å². The molecule has 0 N–H and O–H groups in total. The molecule has 1 fully saturated rings. The molecule has 0 spiro atoms. The normalized spacial score (nSPS) is 13.2. The van der Waals surface area contributed by atoms with Crippen molar-refractivity contribution < 1.29 is 9.59 Å². The molecule has 5 heteroatoms. The Morgan fingerprint density at radius 2 is 1.10 bits per heavy atom. The van der Waals surface area contributed by atoms with Crippen molar-refractivity contribution in [1.82, 2.24) is 9.80 Å². The van der Waals surface area contributed by atoms with Gasteiger partial charge in [-0.2, -0.15) is 0 Å². The highest BCUT2D eigenvalue weighted by molar-refractivity contribution is 5.99. The molecule has 0 atom stereocenters. The van der Waals surface area contributed by atoms with Gasteiger partial charge in [0.15, 0.2) is 0 Å². The molecule has 0 radical (unpaired) electrons. The molecular formula is C26H23N3O2. The summed E-state index contributed by atoms with van der Waals surface area (Å²) in [4.78, 5) is 31.1. The van der Waals surface area contributed by atoms with Crippen molar-refractivity contribution in [2.75, 3.05) is 31.1 Å². The summed E-state index contributed by atoms with van der Waals surface area (Å²) in [6.45, 7) is 1.86. The number of carbonyl (C=O) groups excluding carboxylic acids is 2. The summed E-state index contributed by atoms with van der Waals surface area (Å²) < 4.78 is 0. The Labute approximate surface area is 182 Å². The van der Waals surface area contributed by atoms with Gasteiger partial charge in [0.05, 0.1) is 11.4 Å². The van der Waals surface area contributed by atoms with Gasteiger partial charge in [0.1, 0.15) is 0 Å². The maximum absolute atomic E-state index is 13.4. The lowest BCUT2D eigenvalue weighted by atomic mass is 10.2. The van der Waals surface area contributed by atoms with Crippen LogP contribution in [0, 0.1) is 11.8 Å². The summed E-state index contributed by atoms with van der Waals surface area (Å²) in [5, 5.41) is 0. The van der Waals surface area contributed by atoms with Gasteiger partial charge in [-0.25, -0.2) is 4.79 Å². The number of hydrogen-bond acceptors (Lipinski definition) is 2. The molecule has 1 heterocycles. The summed E-state index contributed by atoms with van der Waals surface area (Å²) in [7, 11) is 0. The number of piperazine rings is 1. The Morgan fingerprint density at radius 3 is 1.61 bits per heavy atom. The van der Waals surface area contributed by atoms with E-state index in [1.54, 1.807) is 14.7 Å². The van der Waals surface area contributed by atoms with E-state index in [-0.39, 0.29) is 11.9 Å². The Kier molecular flexibility index (Phi) is 6.29. The molecule has 1 aliphatic heterocycles. The topological polar surface area (TPSA) is 43.9 Å². The maximum Gasteiger partial charge on any atom is 0.329 e. The minimum Gasteiger partial charge on any atom is -0.328 e. The Morgan fingerprint density at radius 1 is 0.645 bits per heavy atom. The standard InChI is InChI=1S/C26H23N3O2/c30-25(17-16-22-10-4-1-5-11-22)27-18-20-28(21-19-27)26(31)29(23-12-6-2-7-13-23)24-14-8-3-9-15-24/h1-15H,18-21H2. The highest BCUT2D eigenvalue weighted by Gasteiger charge is 2.28. The van der Waals surface area contributed by atoms with Gasteiger partial charge in [0, 0.05) is 37.7 Å². The van der Waals surface area contributed by atoms with Gasteiger partial charge in [-0.15, -0.1) is 0 Å². The molecule has 1 aliphatic rings. The lowest BCUT2D eigenvalue weighted by molar-refractivity contribution is -0.126. The smallest absolute Gasteiger partial charge is 0.328 e. The van der Waals surface area contributed by atoms with Crippen LogP contribution in [0.2, 0.25) is 0 Å². The first-order valence-electron chi connectivity index (χ1n) is 10.3. The summed E-state index contributed by atoms with van der Waals surface area (Å²) in [6, 6.07) is 28.6. The van der Waals surface area contributed by atoms with Crippen LogP contribution in [0.15, 0.2) is 91.0 Å². The third-order valence-corrected chi connectivity index (χ3v) is 5.15. The highest BCUT2D eigenvalue weighted by Crippen LogP contribution is 2.26. The summed E-state index contributed by atoms with van der Waals surface area (Å²) in [5.41, 5.74) is 2.43. The number of anilines is 2. The molecule has 31 heavy (non-hydrogen) atoms. The first kappa shape index (κ1) is 20.2. The van der Waals surface area contributed by atoms with Crippen LogP contribution in [0.1, 0.15) is 5.56 Å². The van der Waals surface area contributed by atoms with Crippen molar-refractivity contribution in [1.29, 1.82) is 0 Å². The quantitative estimate of drug-likeness (QED) is 0.597. The van der Waals surface area contributed by atoms with E-state index < -0.39 is 0 Å². The van der Waals surface area contributed by atoms with Crippen LogP contribution in [0.25, 0.3) is 0 Å². The molecule has 0 aromatic heterocycles. The minimum absolute atomic E-state index is 0.0973. The number of nitrogens with zero attached hydrogens (tertiary/aromatic N) is 3. The van der Waals surface area contributed by atoms with Gasteiger partial charge >= 0.3 is 6.03 Å². The second-order valence-corrected chi connectivity index (χ2v) is 7.18. The Hall–Kier alpha value is -4.04. The zero-order valence-electron chi connectivity index (χ0n) is 17.1. The van der Waals surface area contributed by atoms with E-state index in [4.69, 9.17) is 0 Å². The molecule has 3 aromatic carbocycles. The van der Waals surface area contributed by atoms with Gasteiger partial charge in [-0.3, -0.25) is 9.69 Å². The zero-order valence-corrected chi connectivity index (χ0v) is 17.1. The monoisotopic (exact) mass is 409 g/mol. The predicted octanol–water partition coefficient (Wildman–Crippen LogP) is 4.14. The van der Waals surface area contributed by atoms with E-state index in [0.29, 0.717) is 26.2 Å². The second kappa shape index (κ2) is 9.64. The predicted molar refractivity (Wildman–Crippen MR) is 122 cm³/mol. The summed E-state index contributed by atoms with van der Waals surface area (Å²) in [6.07, 6.45) is 0. The number of rotatable bonds is 2. The van der Waals surface area contributed by atoms with Gasteiger partial charge in [0.2, 0.25) is 0 Å². The molecule has 0 aliphatic carbocycles. The molecule has 3 aromatic rings. The fraction of sp³-hybridized carbons (Fsp3) is 0.154. The minimum atomic E-state index is -0.209. The van der Waals surface area contributed by atoms with Crippen LogP contribution < -0.4 is 4.90 Å². The van der Waals surface area contributed by atoms with Gasteiger partial charge < -0.3 is 9.80 Å². The molecular weight excluding hydrogens is 386 g/mol. The lowest BCUT2D eigenvalue weighted by Gasteiger charge is -2.37. The van der Waals surface area contributed by atoms with E-state index >= 15 is 0 Å². The summed E-state index contributed by atoms with van der Waals surface area (Å²) >= 11 is 0. The third-order valence-electron chi connectivity index (χ3n) is 5.15. The first-order valence-corrected chi connectivity index (χ1v) is 10.3. The van der Waals surface area contributed by atoms with Gasteiger partial charge in [-0.1, -0.05) is 60.5 Å². The van der Waals surface area contributed by atoms with Crippen LogP contribution in [-0.2, 0) is 4.79 Å². The van der Waals surface area contributed by atoms with E-state index in [9.17, 15) is 9.59 Å². The van der Waals surface area contributed by atoms with Crippen molar-refractivity contribution in [3.05, 3.63) is 96.6 Å². The van der Waals surface area contributed by atoms with Crippen molar-refractivity contribution >= 4 is 23.3 Å². The fourth-order valence-electron chi connectivity index (χ4n) is 3.49. The van der Waals surface area contributed by atoms with Gasteiger partial charge in [0.25, 0.3) is 5.91 Å². The first-order chi connectivity index (χ1) is 15.2. The number of benzene rings is 3. The molecule has 0 unspecified atom stereocenters. The molecule has 3 amide bonds. The van der Waals surface area contributed by atoms with Gasteiger partial charge in [-0.05, 0) is 36.4 Å². The number of para-hydroxylation sites is 2. The van der Waals surface area contributed by atoms with Crippen molar-refractivity contribution in [2.24, 2.45) is 0 Å². The van der Waals surface area contributed by atoms with Crippen molar-refractivity contribution in [3.63, 3.8) is 0 Å². The van der Waals surface area contributed by atoms with E-state index in [1.165, 1.54) is 0 Å². The SMILES string of the molecule is O=C(C#Cc1ccccc1)N1CCN(C(=O)N(c2ccccc2)c2ccccc2)CC1. The summed E-state index contributed by atoms with van der Waals surface area (Å²) in [5.74, 6) is 5.41. The Balaban J connectivity index is 1.44. The van der Waals surface area contributed by atoms with Crippen LogP contribution in [0.4, 0.5) is 16.2 Å². The lowest BCUT2D eigenvalue weighted by Crippen LogP contribution is -2.53. The molecule has 1 saturated heterocycles. The molecule has 4 rings (SSSR count). The van der Waals surface area contributed by atoms with Crippen LogP contribution in [0.5, 0.6) is 0 Å². The number of urea groups is 1. The zero-order chi connectivity index (χ0) is 21.5. The number of amides is 3. The number of hydrogen-bond donors (Lipinski definition) is 0. The Bertz CT molecular complexity index is 1040. The average molecular weight is 409 g/mol. The number of carbonyl (C=O) groups is 2. The van der Waals surface area contributed by atoms with Crippen molar-refractivity contribution in [2.45, 2.75) is 0 Å². The van der Waals surface area contributed by atoms with E-state index in [2.05, 4.69) is 11.8 Å². The van der Waals surface area contributed by atoms with E-state index in [1.807, 2.05) is 91.0 Å².